The van der Waals surface area contributed by atoms with Gasteiger partial charge in [-0.1, -0.05) is 54.3 Å². The zero-order valence-electron chi connectivity index (χ0n) is 18.4. The van der Waals surface area contributed by atoms with Gasteiger partial charge in [0.1, 0.15) is 17.7 Å². The molecule has 0 amide bonds. The fourth-order valence-corrected chi connectivity index (χ4v) is 4.09. The standard InChI is InChI=1S/C28H26N4O/c33-28(14-4-16-29-19-28)15-13-23-9-12-26-25(18-23)27(31-20-30-26)32-24-10-7-22(8-11-24)17-21-5-2-1-3-6-21/h1-3,5-12,18,20,29,33H,4,14,16-17,19H2,(H,30,31,32). The van der Waals surface area contributed by atoms with Crippen LogP contribution >= 0.6 is 0 Å². The first-order valence-corrected chi connectivity index (χ1v) is 11.3. The van der Waals surface area contributed by atoms with Crippen molar-refractivity contribution in [3.63, 3.8) is 0 Å². The van der Waals surface area contributed by atoms with Gasteiger partial charge in [0, 0.05) is 23.2 Å². The third-order valence-corrected chi connectivity index (χ3v) is 5.90. The molecule has 3 aromatic carbocycles. The van der Waals surface area contributed by atoms with Gasteiger partial charge in [-0.15, -0.1) is 0 Å². The van der Waals surface area contributed by atoms with E-state index in [1.54, 1.807) is 6.33 Å². The highest BCUT2D eigenvalue weighted by Gasteiger charge is 2.26. The van der Waals surface area contributed by atoms with Gasteiger partial charge in [-0.25, -0.2) is 9.97 Å². The number of aliphatic hydroxyl groups is 1. The highest BCUT2D eigenvalue weighted by molar-refractivity contribution is 5.91. The first-order valence-electron chi connectivity index (χ1n) is 11.3. The van der Waals surface area contributed by atoms with Crippen LogP contribution in [0.3, 0.4) is 0 Å². The van der Waals surface area contributed by atoms with Gasteiger partial charge in [0.15, 0.2) is 0 Å². The molecule has 0 radical (unpaired) electrons. The van der Waals surface area contributed by atoms with E-state index in [-0.39, 0.29) is 0 Å². The van der Waals surface area contributed by atoms with Crippen molar-refractivity contribution < 1.29 is 5.11 Å². The topological polar surface area (TPSA) is 70.1 Å². The largest absolute Gasteiger partial charge is 0.376 e. The molecule has 5 nitrogen and oxygen atoms in total. The van der Waals surface area contributed by atoms with Gasteiger partial charge < -0.3 is 15.7 Å². The van der Waals surface area contributed by atoms with E-state index in [4.69, 9.17) is 0 Å². The summed E-state index contributed by atoms with van der Waals surface area (Å²) in [6, 6.07) is 24.7. The molecule has 33 heavy (non-hydrogen) atoms. The minimum Gasteiger partial charge on any atom is -0.376 e. The second kappa shape index (κ2) is 9.41. The number of benzene rings is 3. The summed E-state index contributed by atoms with van der Waals surface area (Å²) >= 11 is 0. The highest BCUT2D eigenvalue weighted by atomic mass is 16.3. The minimum absolute atomic E-state index is 0.504. The second-order valence-electron chi connectivity index (χ2n) is 8.50. The number of β-amino-alcohol motifs (C(OH)–C–C–N with tert-alkyl or cyclic N) is 1. The van der Waals surface area contributed by atoms with Crippen LogP contribution in [0.15, 0.2) is 79.1 Å². The molecule has 0 saturated carbocycles. The average Bonchev–Trinajstić information content (AvgIpc) is 2.85. The number of nitrogens with zero attached hydrogens (tertiary/aromatic N) is 2. The van der Waals surface area contributed by atoms with Crippen molar-refractivity contribution in [2.75, 3.05) is 18.4 Å². The molecule has 1 aliphatic heterocycles. The Balaban J connectivity index is 1.36. The van der Waals surface area contributed by atoms with Gasteiger partial charge in [0.05, 0.1) is 5.52 Å². The fraction of sp³-hybridized carbons (Fsp3) is 0.214. The Morgan fingerprint density at radius 3 is 2.58 bits per heavy atom. The zero-order valence-corrected chi connectivity index (χ0v) is 18.4. The maximum absolute atomic E-state index is 10.6. The minimum atomic E-state index is -0.969. The number of hydrogen-bond donors (Lipinski definition) is 3. The Hall–Kier alpha value is -3.72. The molecule has 0 bridgehead atoms. The van der Waals surface area contributed by atoms with Gasteiger partial charge in [0.2, 0.25) is 0 Å². The van der Waals surface area contributed by atoms with Crippen molar-refractivity contribution in [3.8, 4) is 11.8 Å². The van der Waals surface area contributed by atoms with Crippen molar-refractivity contribution >= 4 is 22.4 Å². The van der Waals surface area contributed by atoms with Crippen LogP contribution in [0.5, 0.6) is 0 Å². The van der Waals surface area contributed by atoms with Gasteiger partial charge in [-0.05, 0) is 67.3 Å². The van der Waals surface area contributed by atoms with E-state index in [2.05, 4.69) is 81.0 Å². The first-order chi connectivity index (χ1) is 16.2. The van der Waals surface area contributed by atoms with Gasteiger partial charge in [-0.2, -0.15) is 0 Å². The number of anilines is 2. The van der Waals surface area contributed by atoms with E-state index in [0.717, 1.165) is 47.4 Å². The summed E-state index contributed by atoms with van der Waals surface area (Å²) < 4.78 is 0. The molecule has 1 fully saturated rings. The molecule has 0 spiro atoms. The molecular formula is C28H26N4O. The fourth-order valence-electron chi connectivity index (χ4n) is 4.09. The van der Waals surface area contributed by atoms with Gasteiger partial charge >= 0.3 is 0 Å². The van der Waals surface area contributed by atoms with Crippen molar-refractivity contribution in [2.45, 2.75) is 24.9 Å². The molecule has 5 heteroatoms. The van der Waals surface area contributed by atoms with Crippen molar-refractivity contribution in [2.24, 2.45) is 0 Å². The van der Waals surface area contributed by atoms with E-state index in [1.807, 2.05) is 24.3 Å². The summed E-state index contributed by atoms with van der Waals surface area (Å²) in [6.45, 7) is 1.43. The molecule has 0 aliphatic carbocycles. The summed E-state index contributed by atoms with van der Waals surface area (Å²) in [4.78, 5) is 8.86. The smallest absolute Gasteiger partial charge is 0.141 e. The van der Waals surface area contributed by atoms with Gasteiger partial charge in [-0.3, -0.25) is 0 Å². The molecule has 2 heterocycles. The monoisotopic (exact) mass is 434 g/mol. The maximum Gasteiger partial charge on any atom is 0.141 e. The van der Waals surface area contributed by atoms with Crippen LogP contribution < -0.4 is 10.6 Å². The Labute approximate surface area is 193 Å². The summed E-state index contributed by atoms with van der Waals surface area (Å²) in [5.74, 6) is 6.94. The third kappa shape index (κ3) is 5.20. The predicted octanol–water partition coefficient (Wildman–Crippen LogP) is 4.43. The van der Waals surface area contributed by atoms with Gasteiger partial charge in [0.25, 0.3) is 0 Å². The van der Waals surface area contributed by atoms with Crippen LogP contribution in [0, 0.1) is 11.8 Å². The number of aromatic nitrogens is 2. The lowest BCUT2D eigenvalue weighted by atomic mass is 9.94. The zero-order chi connectivity index (χ0) is 22.5. The van der Waals surface area contributed by atoms with E-state index >= 15 is 0 Å². The molecule has 4 aromatic rings. The van der Waals surface area contributed by atoms with Crippen LogP contribution in [0.2, 0.25) is 0 Å². The summed E-state index contributed by atoms with van der Waals surface area (Å²) in [7, 11) is 0. The van der Waals surface area contributed by atoms with E-state index in [9.17, 15) is 5.11 Å². The molecule has 1 aromatic heterocycles. The van der Waals surface area contributed by atoms with Crippen LogP contribution in [0.4, 0.5) is 11.5 Å². The highest BCUT2D eigenvalue weighted by Crippen LogP contribution is 2.25. The Morgan fingerprint density at radius 2 is 1.79 bits per heavy atom. The molecule has 3 N–H and O–H groups in total. The number of fused-ring (bicyclic) bond motifs is 1. The SMILES string of the molecule is OC1(C#Cc2ccc3ncnc(Nc4ccc(Cc5ccccc5)cc4)c3c2)CCCNC1. The Morgan fingerprint density at radius 1 is 0.970 bits per heavy atom. The summed E-state index contributed by atoms with van der Waals surface area (Å²) in [6.07, 6.45) is 4.09. The molecule has 1 unspecified atom stereocenters. The van der Waals surface area contributed by atoms with Crippen LogP contribution in [0.25, 0.3) is 10.9 Å². The molecule has 1 aliphatic rings. The molecule has 164 valence electrons. The molecule has 5 rings (SSSR count). The number of piperidine rings is 1. The molecule has 1 atom stereocenters. The Bertz CT molecular complexity index is 1300. The lowest BCUT2D eigenvalue weighted by molar-refractivity contribution is 0.0736. The van der Waals surface area contributed by atoms with Crippen molar-refractivity contribution in [3.05, 3.63) is 95.8 Å². The van der Waals surface area contributed by atoms with E-state index in [1.165, 1.54) is 11.1 Å². The first kappa shape index (κ1) is 21.1. The van der Waals surface area contributed by atoms with Crippen LogP contribution in [-0.4, -0.2) is 33.8 Å². The number of hydrogen-bond acceptors (Lipinski definition) is 5. The molecular weight excluding hydrogens is 408 g/mol. The van der Waals surface area contributed by atoms with Crippen molar-refractivity contribution in [1.29, 1.82) is 0 Å². The Kier molecular flexibility index (Phi) is 6.03. The number of nitrogens with one attached hydrogen (secondary N) is 2. The summed E-state index contributed by atoms with van der Waals surface area (Å²) in [5, 5.41) is 18.2. The van der Waals surface area contributed by atoms with E-state index < -0.39 is 5.60 Å². The normalized spacial score (nSPS) is 17.8. The molecule has 1 saturated heterocycles. The quantitative estimate of drug-likeness (QED) is 0.415. The third-order valence-electron chi connectivity index (χ3n) is 5.90. The summed E-state index contributed by atoms with van der Waals surface area (Å²) in [5.41, 5.74) is 4.22. The lowest BCUT2D eigenvalue weighted by Gasteiger charge is -2.27. The average molecular weight is 435 g/mol. The lowest BCUT2D eigenvalue weighted by Crippen LogP contribution is -2.44. The van der Waals surface area contributed by atoms with Crippen molar-refractivity contribution in [1.82, 2.24) is 15.3 Å². The second-order valence-corrected chi connectivity index (χ2v) is 8.50. The van der Waals surface area contributed by atoms with Crippen LogP contribution in [-0.2, 0) is 6.42 Å². The number of rotatable bonds is 4. The van der Waals surface area contributed by atoms with E-state index in [0.29, 0.717) is 13.0 Å². The predicted molar refractivity (Wildman–Crippen MR) is 132 cm³/mol. The maximum atomic E-state index is 10.6. The van der Waals surface area contributed by atoms with Crippen LogP contribution in [0.1, 0.15) is 29.5 Å².